The van der Waals surface area contributed by atoms with Gasteiger partial charge in [-0.15, -0.1) is 0 Å². The van der Waals surface area contributed by atoms with E-state index < -0.39 is 0 Å². The van der Waals surface area contributed by atoms with Gasteiger partial charge in [0.2, 0.25) is 0 Å². The SMILES string of the molecule is CC(C)(C)CN1CCN(C2CCCC2)CC1. The second-order valence-electron chi connectivity index (χ2n) is 6.81. The summed E-state index contributed by atoms with van der Waals surface area (Å²) in [6, 6.07) is 0.928. The van der Waals surface area contributed by atoms with Crippen LogP contribution in [-0.4, -0.2) is 48.6 Å². The van der Waals surface area contributed by atoms with Crippen LogP contribution >= 0.6 is 0 Å². The van der Waals surface area contributed by atoms with Crippen molar-refractivity contribution < 1.29 is 0 Å². The lowest BCUT2D eigenvalue weighted by Crippen LogP contribution is -2.51. The van der Waals surface area contributed by atoms with E-state index in [0.717, 1.165) is 6.04 Å². The fourth-order valence-electron chi connectivity index (χ4n) is 3.23. The maximum Gasteiger partial charge on any atom is 0.0113 e. The van der Waals surface area contributed by atoms with Gasteiger partial charge in [-0.2, -0.15) is 0 Å². The van der Waals surface area contributed by atoms with Crippen LogP contribution in [0, 0.1) is 5.41 Å². The molecule has 1 heterocycles. The van der Waals surface area contributed by atoms with E-state index in [1.807, 2.05) is 0 Å². The fourth-order valence-corrected chi connectivity index (χ4v) is 3.23. The summed E-state index contributed by atoms with van der Waals surface area (Å²) in [6.45, 7) is 13.5. The van der Waals surface area contributed by atoms with Crippen LogP contribution in [0.15, 0.2) is 0 Å². The minimum atomic E-state index is 0.454. The van der Waals surface area contributed by atoms with Crippen LogP contribution in [0.1, 0.15) is 46.5 Å². The summed E-state index contributed by atoms with van der Waals surface area (Å²) in [5.74, 6) is 0. The Labute approximate surface area is 101 Å². The molecule has 2 aliphatic rings. The number of piperazine rings is 1. The molecule has 94 valence electrons. The second kappa shape index (κ2) is 5.05. The quantitative estimate of drug-likeness (QED) is 0.711. The highest BCUT2D eigenvalue weighted by molar-refractivity contribution is 4.83. The van der Waals surface area contributed by atoms with Crippen LogP contribution in [-0.2, 0) is 0 Å². The lowest BCUT2D eigenvalue weighted by Gasteiger charge is -2.40. The topological polar surface area (TPSA) is 6.48 Å². The average Bonchev–Trinajstić information content (AvgIpc) is 2.69. The summed E-state index contributed by atoms with van der Waals surface area (Å²) in [6.07, 6.45) is 5.85. The first kappa shape index (κ1) is 12.4. The molecule has 0 N–H and O–H groups in total. The normalized spacial score (nSPS) is 26.4. The Balaban J connectivity index is 1.74. The molecule has 2 fully saturated rings. The van der Waals surface area contributed by atoms with Crippen LogP contribution in [0.25, 0.3) is 0 Å². The van der Waals surface area contributed by atoms with E-state index in [2.05, 4.69) is 30.6 Å². The number of nitrogens with zero attached hydrogens (tertiary/aromatic N) is 2. The van der Waals surface area contributed by atoms with Crippen molar-refractivity contribution >= 4 is 0 Å². The van der Waals surface area contributed by atoms with Gasteiger partial charge in [0.25, 0.3) is 0 Å². The summed E-state index contributed by atoms with van der Waals surface area (Å²) in [7, 11) is 0. The van der Waals surface area contributed by atoms with Crippen LogP contribution in [0.2, 0.25) is 0 Å². The zero-order chi connectivity index (χ0) is 11.6. The maximum atomic E-state index is 2.74. The molecule has 0 bridgehead atoms. The predicted octanol–water partition coefficient (Wildman–Crippen LogP) is 2.59. The van der Waals surface area contributed by atoms with Crippen LogP contribution in [0.5, 0.6) is 0 Å². The number of hydrogen-bond acceptors (Lipinski definition) is 2. The van der Waals surface area contributed by atoms with Gasteiger partial charge < -0.3 is 4.90 Å². The minimum absolute atomic E-state index is 0.454. The van der Waals surface area contributed by atoms with Gasteiger partial charge in [0.1, 0.15) is 0 Å². The summed E-state index contributed by atoms with van der Waals surface area (Å²) >= 11 is 0. The zero-order valence-corrected chi connectivity index (χ0v) is 11.3. The molecule has 2 nitrogen and oxygen atoms in total. The van der Waals surface area contributed by atoms with Gasteiger partial charge in [-0.3, -0.25) is 4.90 Å². The van der Waals surface area contributed by atoms with E-state index in [1.54, 1.807) is 0 Å². The van der Waals surface area contributed by atoms with Crippen LogP contribution < -0.4 is 0 Å². The van der Waals surface area contributed by atoms with Gasteiger partial charge in [0.05, 0.1) is 0 Å². The van der Waals surface area contributed by atoms with E-state index in [9.17, 15) is 0 Å². The van der Waals surface area contributed by atoms with E-state index in [-0.39, 0.29) is 0 Å². The maximum absolute atomic E-state index is 2.74. The largest absolute Gasteiger partial charge is 0.300 e. The Morgan fingerprint density at radius 2 is 1.50 bits per heavy atom. The fraction of sp³-hybridized carbons (Fsp3) is 1.00. The van der Waals surface area contributed by atoms with Crippen LogP contribution in [0.4, 0.5) is 0 Å². The van der Waals surface area contributed by atoms with E-state index >= 15 is 0 Å². The molecule has 1 saturated heterocycles. The lowest BCUT2D eigenvalue weighted by molar-refractivity contribution is 0.0769. The molecular formula is C14H28N2. The standard InChI is InChI=1S/C14H28N2/c1-14(2,3)12-15-8-10-16(11-9-15)13-6-4-5-7-13/h13H,4-12H2,1-3H3. The number of hydrogen-bond donors (Lipinski definition) is 0. The molecule has 0 radical (unpaired) electrons. The van der Waals surface area contributed by atoms with Gasteiger partial charge >= 0.3 is 0 Å². The molecular weight excluding hydrogens is 196 g/mol. The summed E-state index contributed by atoms with van der Waals surface area (Å²) in [5, 5.41) is 0. The van der Waals surface area contributed by atoms with Gasteiger partial charge in [0.15, 0.2) is 0 Å². The number of rotatable bonds is 2. The van der Waals surface area contributed by atoms with Crippen molar-refractivity contribution in [1.29, 1.82) is 0 Å². The third-order valence-electron chi connectivity index (χ3n) is 3.95. The first-order valence-electron chi connectivity index (χ1n) is 7.01. The molecule has 0 aromatic carbocycles. The Kier molecular flexibility index (Phi) is 3.91. The van der Waals surface area contributed by atoms with E-state index in [1.165, 1.54) is 58.4 Å². The summed E-state index contributed by atoms with van der Waals surface area (Å²) in [5.41, 5.74) is 0.454. The van der Waals surface area contributed by atoms with Crippen molar-refractivity contribution in [3.63, 3.8) is 0 Å². The molecule has 0 aromatic rings. The molecule has 0 aromatic heterocycles. The highest BCUT2D eigenvalue weighted by atomic mass is 15.3. The first-order chi connectivity index (χ1) is 7.54. The highest BCUT2D eigenvalue weighted by Gasteiger charge is 2.27. The average molecular weight is 224 g/mol. The molecule has 16 heavy (non-hydrogen) atoms. The lowest BCUT2D eigenvalue weighted by atomic mass is 9.95. The smallest absolute Gasteiger partial charge is 0.0113 e. The van der Waals surface area contributed by atoms with Gasteiger partial charge in [0, 0.05) is 38.8 Å². The highest BCUT2D eigenvalue weighted by Crippen LogP contribution is 2.25. The van der Waals surface area contributed by atoms with Gasteiger partial charge in [-0.25, -0.2) is 0 Å². The Morgan fingerprint density at radius 3 is 2.00 bits per heavy atom. The molecule has 0 atom stereocenters. The minimum Gasteiger partial charge on any atom is -0.300 e. The summed E-state index contributed by atoms with van der Waals surface area (Å²) in [4.78, 5) is 5.39. The monoisotopic (exact) mass is 224 g/mol. The molecule has 0 spiro atoms. The van der Waals surface area contributed by atoms with Crippen molar-refractivity contribution in [1.82, 2.24) is 9.80 Å². The Hall–Kier alpha value is -0.0800. The molecule has 0 unspecified atom stereocenters. The van der Waals surface area contributed by atoms with E-state index in [4.69, 9.17) is 0 Å². The van der Waals surface area contributed by atoms with Crippen molar-refractivity contribution in [3.05, 3.63) is 0 Å². The first-order valence-corrected chi connectivity index (χ1v) is 7.01. The summed E-state index contributed by atoms with van der Waals surface area (Å²) < 4.78 is 0. The molecule has 2 rings (SSSR count). The predicted molar refractivity (Wildman–Crippen MR) is 69.7 cm³/mol. The molecule has 2 heteroatoms. The van der Waals surface area contributed by atoms with Crippen molar-refractivity contribution in [3.8, 4) is 0 Å². The second-order valence-corrected chi connectivity index (χ2v) is 6.81. The third-order valence-corrected chi connectivity index (χ3v) is 3.95. The molecule has 1 saturated carbocycles. The van der Waals surface area contributed by atoms with Crippen molar-refractivity contribution in [2.24, 2.45) is 5.41 Å². The molecule has 1 aliphatic carbocycles. The van der Waals surface area contributed by atoms with Crippen molar-refractivity contribution in [2.75, 3.05) is 32.7 Å². The third kappa shape index (κ3) is 3.46. The molecule has 1 aliphatic heterocycles. The van der Waals surface area contributed by atoms with Crippen LogP contribution in [0.3, 0.4) is 0 Å². The molecule has 0 amide bonds. The Bertz CT molecular complexity index is 205. The van der Waals surface area contributed by atoms with E-state index in [0.29, 0.717) is 5.41 Å². The zero-order valence-electron chi connectivity index (χ0n) is 11.3. The van der Waals surface area contributed by atoms with Crippen molar-refractivity contribution in [2.45, 2.75) is 52.5 Å². The van der Waals surface area contributed by atoms with Gasteiger partial charge in [-0.05, 0) is 18.3 Å². The Morgan fingerprint density at radius 1 is 0.938 bits per heavy atom. The van der Waals surface area contributed by atoms with Gasteiger partial charge in [-0.1, -0.05) is 33.6 Å².